The number of fused-ring (bicyclic) bond motifs is 1. The summed E-state index contributed by atoms with van der Waals surface area (Å²) < 4.78 is 38.4. The Morgan fingerprint density at radius 2 is 1.77 bits per heavy atom. The van der Waals surface area contributed by atoms with Crippen molar-refractivity contribution in [3.63, 3.8) is 0 Å². The van der Waals surface area contributed by atoms with Crippen LogP contribution in [0, 0.1) is 0 Å². The molecule has 0 saturated carbocycles. The molecule has 1 aromatic carbocycles. The summed E-state index contributed by atoms with van der Waals surface area (Å²) in [5, 5.41) is 5.51. The third kappa shape index (κ3) is 5.10. The van der Waals surface area contributed by atoms with E-state index in [1.54, 1.807) is 4.90 Å². The average Bonchev–Trinajstić information content (AvgIpc) is 3.02. The first-order valence-corrected chi connectivity index (χ1v) is 9.77. The van der Waals surface area contributed by atoms with Crippen molar-refractivity contribution in [2.75, 3.05) is 19.6 Å². The quantitative estimate of drug-likeness (QED) is 0.740. The van der Waals surface area contributed by atoms with Crippen LogP contribution in [-0.4, -0.2) is 65.3 Å². The lowest BCUT2D eigenvalue weighted by Crippen LogP contribution is -2.62. The SMILES string of the molecule is CC(=O)NC[C@H]1C(=O)N2C[C@@H](NC(C)=O)C[C@H]2CN1Cc1ccc(C(F)(F)F)cc1. The van der Waals surface area contributed by atoms with Crippen LogP contribution in [0.3, 0.4) is 0 Å². The lowest BCUT2D eigenvalue weighted by molar-refractivity contribution is -0.144. The molecule has 3 atom stereocenters. The highest BCUT2D eigenvalue weighted by Crippen LogP contribution is 2.30. The van der Waals surface area contributed by atoms with E-state index in [0.717, 1.165) is 12.1 Å². The van der Waals surface area contributed by atoms with Gasteiger partial charge in [0.1, 0.15) is 6.04 Å². The predicted molar refractivity (Wildman–Crippen MR) is 102 cm³/mol. The van der Waals surface area contributed by atoms with Crippen LogP contribution < -0.4 is 10.6 Å². The summed E-state index contributed by atoms with van der Waals surface area (Å²) in [5.41, 5.74) is -0.0793. The van der Waals surface area contributed by atoms with Crippen molar-refractivity contribution in [3.8, 4) is 0 Å². The summed E-state index contributed by atoms with van der Waals surface area (Å²) in [7, 11) is 0. The van der Waals surface area contributed by atoms with E-state index in [1.165, 1.54) is 26.0 Å². The Morgan fingerprint density at radius 1 is 1.10 bits per heavy atom. The highest BCUT2D eigenvalue weighted by Gasteiger charge is 2.45. The van der Waals surface area contributed by atoms with Gasteiger partial charge in [0.05, 0.1) is 5.56 Å². The molecule has 164 valence electrons. The molecule has 0 radical (unpaired) electrons. The van der Waals surface area contributed by atoms with Gasteiger partial charge >= 0.3 is 6.18 Å². The van der Waals surface area contributed by atoms with Gasteiger partial charge in [-0.15, -0.1) is 0 Å². The number of nitrogens with one attached hydrogen (secondary N) is 2. The number of amides is 3. The van der Waals surface area contributed by atoms with Crippen molar-refractivity contribution in [2.45, 2.75) is 51.1 Å². The van der Waals surface area contributed by atoms with E-state index >= 15 is 0 Å². The van der Waals surface area contributed by atoms with Gasteiger partial charge in [0.2, 0.25) is 17.7 Å². The summed E-state index contributed by atoms with van der Waals surface area (Å²) in [6.07, 6.45) is -3.79. The highest BCUT2D eigenvalue weighted by atomic mass is 19.4. The standard InChI is InChI=1S/C20H25F3N4O3/c1-12(28)24-8-18-19(30)27-10-16(25-13(2)29)7-17(27)11-26(18)9-14-3-5-15(6-4-14)20(21,22)23/h3-6,16-18H,7-11H2,1-2H3,(H,24,28)(H,25,29)/t16-,17-,18-/m0/s1. The summed E-state index contributed by atoms with van der Waals surface area (Å²) in [6.45, 7) is 4.10. The van der Waals surface area contributed by atoms with Crippen molar-refractivity contribution in [2.24, 2.45) is 0 Å². The maximum atomic E-state index is 13.1. The molecule has 2 saturated heterocycles. The first kappa shape index (κ1) is 22.1. The van der Waals surface area contributed by atoms with Gasteiger partial charge in [-0.25, -0.2) is 0 Å². The van der Waals surface area contributed by atoms with Gasteiger partial charge in [-0.05, 0) is 24.1 Å². The fourth-order valence-corrected chi connectivity index (χ4v) is 4.16. The summed E-state index contributed by atoms with van der Waals surface area (Å²) in [5.74, 6) is -0.583. The van der Waals surface area contributed by atoms with Gasteiger partial charge in [-0.3, -0.25) is 19.3 Å². The summed E-state index contributed by atoms with van der Waals surface area (Å²) in [4.78, 5) is 39.5. The molecule has 30 heavy (non-hydrogen) atoms. The average molecular weight is 426 g/mol. The van der Waals surface area contributed by atoms with Gasteiger partial charge in [0.25, 0.3) is 0 Å². The maximum absolute atomic E-state index is 13.1. The third-order valence-electron chi connectivity index (χ3n) is 5.49. The number of rotatable bonds is 5. The number of hydrogen-bond donors (Lipinski definition) is 2. The summed E-state index contributed by atoms with van der Waals surface area (Å²) >= 11 is 0. The fraction of sp³-hybridized carbons (Fsp3) is 0.550. The minimum Gasteiger partial charge on any atom is -0.354 e. The molecule has 3 rings (SSSR count). The van der Waals surface area contributed by atoms with Crippen LogP contribution in [0.4, 0.5) is 13.2 Å². The van der Waals surface area contributed by atoms with Crippen molar-refractivity contribution in [1.82, 2.24) is 20.4 Å². The molecule has 0 unspecified atom stereocenters. The van der Waals surface area contributed by atoms with Crippen LogP contribution in [0.5, 0.6) is 0 Å². The molecule has 10 heteroatoms. The minimum absolute atomic E-state index is 0.0997. The number of nitrogens with zero attached hydrogens (tertiary/aromatic N) is 2. The van der Waals surface area contributed by atoms with E-state index in [0.29, 0.717) is 25.1 Å². The first-order valence-electron chi connectivity index (χ1n) is 9.77. The molecule has 7 nitrogen and oxygen atoms in total. The molecular formula is C20H25F3N4O3. The zero-order valence-electron chi connectivity index (χ0n) is 16.8. The van der Waals surface area contributed by atoms with Crippen molar-refractivity contribution >= 4 is 17.7 Å². The second kappa shape index (κ2) is 8.63. The molecule has 0 aliphatic carbocycles. The van der Waals surface area contributed by atoms with Crippen LogP contribution in [0.15, 0.2) is 24.3 Å². The van der Waals surface area contributed by atoms with E-state index in [1.807, 2.05) is 4.90 Å². The Balaban J connectivity index is 1.77. The second-order valence-corrected chi connectivity index (χ2v) is 7.85. The topological polar surface area (TPSA) is 81.8 Å². The number of alkyl halides is 3. The first-order chi connectivity index (χ1) is 14.0. The number of piperazine rings is 1. The van der Waals surface area contributed by atoms with Crippen LogP contribution in [0.1, 0.15) is 31.4 Å². The number of hydrogen-bond acceptors (Lipinski definition) is 4. The Kier molecular flexibility index (Phi) is 6.35. The second-order valence-electron chi connectivity index (χ2n) is 7.85. The molecule has 2 N–H and O–H groups in total. The number of benzene rings is 1. The Bertz CT molecular complexity index is 813. The minimum atomic E-state index is -4.41. The number of carbonyl (C=O) groups is 3. The van der Waals surface area contributed by atoms with E-state index in [4.69, 9.17) is 0 Å². The molecule has 3 amide bonds. The molecule has 0 spiro atoms. The molecule has 2 aliphatic rings. The van der Waals surface area contributed by atoms with E-state index in [2.05, 4.69) is 10.6 Å². The van der Waals surface area contributed by atoms with Gasteiger partial charge in [-0.2, -0.15) is 13.2 Å². The van der Waals surface area contributed by atoms with E-state index in [-0.39, 0.29) is 42.9 Å². The Labute approximate surface area is 172 Å². The molecule has 0 bridgehead atoms. The van der Waals surface area contributed by atoms with Gasteiger partial charge in [0.15, 0.2) is 0 Å². The van der Waals surface area contributed by atoms with Gasteiger partial charge < -0.3 is 15.5 Å². The van der Waals surface area contributed by atoms with Crippen LogP contribution in [-0.2, 0) is 27.1 Å². The van der Waals surface area contributed by atoms with Crippen molar-refractivity contribution in [1.29, 1.82) is 0 Å². The Morgan fingerprint density at radius 3 is 2.33 bits per heavy atom. The van der Waals surface area contributed by atoms with E-state index < -0.39 is 17.8 Å². The zero-order chi connectivity index (χ0) is 22.1. The lowest BCUT2D eigenvalue weighted by Gasteiger charge is -2.42. The maximum Gasteiger partial charge on any atom is 0.416 e. The highest BCUT2D eigenvalue weighted by molar-refractivity contribution is 5.85. The molecule has 0 aromatic heterocycles. The smallest absolute Gasteiger partial charge is 0.354 e. The third-order valence-corrected chi connectivity index (χ3v) is 5.49. The predicted octanol–water partition coefficient (Wildman–Crippen LogP) is 1.13. The molecule has 1 aromatic rings. The number of carbonyl (C=O) groups excluding carboxylic acids is 3. The van der Waals surface area contributed by atoms with Gasteiger partial charge in [0, 0.05) is 52.1 Å². The molecule has 2 fully saturated rings. The van der Waals surface area contributed by atoms with Crippen LogP contribution in [0.25, 0.3) is 0 Å². The van der Waals surface area contributed by atoms with Crippen molar-refractivity contribution < 1.29 is 27.6 Å². The van der Waals surface area contributed by atoms with E-state index in [9.17, 15) is 27.6 Å². The largest absolute Gasteiger partial charge is 0.416 e. The van der Waals surface area contributed by atoms with Crippen LogP contribution >= 0.6 is 0 Å². The molecular weight excluding hydrogens is 401 g/mol. The van der Waals surface area contributed by atoms with Gasteiger partial charge in [-0.1, -0.05) is 12.1 Å². The Hall–Kier alpha value is -2.62. The van der Waals surface area contributed by atoms with Crippen LogP contribution in [0.2, 0.25) is 0 Å². The monoisotopic (exact) mass is 426 g/mol. The molecule has 2 aliphatic heterocycles. The normalized spacial score (nSPS) is 24.5. The lowest BCUT2D eigenvalue weighted by atomic mass is 10.0. The summed E-state index contributed by atoms with van der Waals surface area (Å²) in [6, 6.07) is 4.01. The molecule has 2 heterocycles. The fourth-order valence-electron chi connectivity index (χ4n) is 4.16. The van der Waals surface area contributed by atoms with Crippen molar-refractivity contribution in [3.05, 3.63) is 35.4 Å². The zero-order valence-corrected chi connectivity index (χ0v) is 16.8. The number of halogens is 3.